The first kappa shape index (κ1) is 25.9. The number of hydrogen-bond donors (Lipinski definition) is 5. The molecule has 1 atom stereocenters. The molecular formula is C20H27F3N8O4. The Hall–Kier alpha value is -3.72. The predicted octanol–water partition coefficient (Wildman–Crippen LogP) is -0.661. The van der Waals surface area contributed by atoms with Gasteiger partial charge in [0.05, 0.1) is 37.4 Å². The molecule has 2 heterocycles. The number of nitrogens with zero attached hydrogens (tertiary/aromatic N) is 3. The largest absolute Gasteiger partial charge is 0.442 e. The van der Waals surface area contributed by atoms with Crippen LogP contribution < -0.4 is 37.5 Å². The molecule has 0 aliphatic carbocycles. The standard InChI is InChI=1S/C20H27F3N8O4/c21-15-8-13(30-11-14(35-20(30)34)10-26-19(33)18(22)23)1-2-16(15)29-4-3-28-31(6-5-29)17(32)7-12(24)9-27-25/h1-2,8-9,14,18,27-28H,3-7,10-11,24-25H2,(H,26,33)/b12-9-/t14-/m0/s1. The van der Waals surface area contributed by atoms with E-state index in [2.05, 4.69) is 10.9 Å². The van der Waals surface area contributed by atoms with Crippen LogP contribution in [0.2, 0.25) is 0 Å². The van der Waals surface area contributed by atoms with Crippen molar-refractivity contribution >= 4 is 29.3 Å². The Morgan fingerprint density at radius 2 is 2.06 bits per heavy atom. The van der Waals surface area contributed by atoms with Crippen LogP contribution in [-0.2, 0) is 14.3 Å². The second-order valence-electron chi connectivity index (χ2n) is 7.80. The lowest BCUT2D eigenvalue weighted by Gasteiger charge is -2.24. The number of cyclic esters (lactones) is 1. The average Bonchev–Trinajstić information content (AvgIpc) is 3.01. The number of amides is 3. The van der Waals surface area contributed by atoms with E-state index >= 15 is 0 Å². The first-order valence-corrected chi connectivity index (χ1v) is 10.7. The van der Waals surface area contributed by atoms with E-state index in [4.69, 9.17) is 16.3 Å². The second-order valence-corrected chi connectivity index (χ2v) is 7.80. The maximum absolute atomic E-state index is 15.0. The van der Waals surface area contributed by atoms with Crippen LogP contribution in [0.25, 0.3) is 0 Å². The normalized spacial score (nSPS) is 19.0. The smallest absolute Gasteiger partial charge is 0.414 e. The number of carbonyl (C=O) groups excluding carboxylic acids is 3. The van der Waals surface area contributed by atoms with Gasteiger partial charge in [0.1, 0.15) is 11.9 Å². The van der Waals surface area contributed by atoms with Gasteiger partial charge in [0.2, 0.25) is 5.91 Å². The summed E-state index contributed by atoms with van der Waals surface area (Å²) in [5.41, 5.74) is 11.7. The molecule has 1 aromatic rings. The Morgan fingerprint density at radius 3 is 2.74 bits per heavy atom. The first-order chi connectivity index (χ1) is 16.7. The number of anilines is 2. The van der Waals surface area contributed by atoms with Crippen LogP contribution in [0.5, 0.6) is 0 Å². The van der Waals surface area contributed by atoms with E-state index in [1.807, 2.05) is 5.32 Å². The topological polar surface area (TPSA) is 158 Å². The zero-order valence-corrected chi connectivity index (χ0v) is 18.7. The Kier molecular flexibility index (Phi) is 8.59. The zero-order chi connectivity index (χ0) is 25.5. The van der Waals surface area contributed by atoms with Gasteiger partial charge in [0.15, 0.2) is 0 Å². The monoisotopic (exact) mass is 500 g/mol. The van der Waals surface area contributed by atoms with Crippen molar-refractivity contribution in [3.8, 4) is 0 Å². The summed E-state index contributed by atoms with van der Waals surface area (Å²) in [6.45, 7) is 1.07. The average molecular weight is 500 g/mol. The number of halogens is 3. The van der Waals surface area contributed by atoms with Gasteiger partial charge in [-0.25, -0.2) is 14.6 Å². The SMILES string of the molecule is NN/C=C(\N)CC(=O)N1CCN(c2ccc(N3C[C@H](CNC(=O)C(F)F)OC3=O)cc2F)CCN1. The van der Waals surface area contributed by atoms with Crippen molar-refractivity contribution in [2.45, 2.75) is 19.0 Å². The molecule has 192 valence electrons. The van der Waals surface area contributed by atoms with Crippen molar-refractivity contribution in [2.75, 3.05) is 49.1 Å². The predicted molar refractivity (Wildman–Crippen MR) is 119 cm³/mol. The number of hydrazine groups is 2. The fraction of sp³-hybridized carbons (Fsp3) is 0.450. The number of nitrogens with one attached hydrogen (secondary N) is 3. The summed E-state index contributed by atoms with van der Waals surface area (Å²) in [6.07, 6.45) is -3.53. The van der Waals surface area contributed by atoms with Gasteiger partial charge in [0.25, 0.3) is 5.91 Å². The number of nitrogens with two attached hydrogens (primary N) is 2. The zero-order valence-electron chi connectivity index (χ0n) is 18.7. The minimum atomic E-state index is -3.17. The van der Waals surface area contributed by atoms with E-state index in [9.17, 15) is 27.6 Å². The van der Waals surface area contributed by atoms with Crippen LogP contribution >= 0.6 is 0 Å². The highest BCUT2D eigenvalue weighted by Gasteiger charge is 2.33. The van der Waals surface area contributed by atoms with Crippen LogP contribution in [0.4, 0.5) is 29.3 Å². The maximum Gasteiger partial charge on any atom is 0.414 e. The lowest BCUT2D eigenvalue weighted by Crippen LogP contribution is -2.44. The van der Waals surface area contributed by atoms with Gasteiger partial charge >= 0.3 is 12.5 Å². The van der Waals surface area contributed by atoms with Crippen molar-refractivity contribution in [1.82, 2.24) is 21.2 Å². The van der Waals surface area contributed by atoms with Gasteiger partial charge in [0, 0.05) is 31.5 Å². The van der Waals surface area contributed by atoms with Crippen molar-refractivity contribution in [2.24, 2.45) is 11.6 Å². The molecule has 35 heavy (non-hydrogen) atoms. The van der Waals surface area contributed by atoms with Crippen molar-refractivity contribution < 1.29 is 32.3 Å². The molecule has 12 nitrogen and oxygen atoms in total. The van der Waals surface area contributed by atoms with E-state index in [0.717, 1.165) is 4.90 Å². The van der Waals surface area contributed by atoms with Crippen LogP contribution in [0.3, 0.4) is 0 Å². The van der Waals surface area contributed by atoms with Crippen LogP contribution in [0, 0.1) is 5.82 Å². The van der Waals surface area contributed by atoms with E-state index in [-0.39, 0.29) is 49.0 Å². The number of ether oxygens (including phenoxy) is 1. The van der Waals surface area contributed by atoms with E-state index < -0.39 is 30.3 Å². The molecule has 3 amide bonds. The number of alkyl halides is 2. The summed E-state index contributed by atoms with van der Waals surface area (Å²) in [5.74, 6) is 2.83. The summed E-state index contributed by atoms with van der Waals surface area (Å²) in [4.78, 5) is 38.5. The van der Waals surface area contributed by atoms with Crippen LogP contribution in [0.15, 0.2) is 30.1 Å². The summed E-state index contributed by atoms with van der Waals surface area (Å²) >= 11 is 0. The molecule has 2 aliphatic rings. The Labute approximate surface area is 198 Å². The molecule has 0 spiro atoms. The van der Waals surface area contributed by atoms with Crippen molar-refractivity contribution in [1.29, 1.82) is 0 Å². The van der Waals surface area contributed by atoms with Gasteiger partial charge in [-0.15, -0.1) is 0 Å². The molecule has 0 aromatic heterocycles. The first-order valence-electron chi connectivity index (χ1n) is 10.7. The third kappa shape index (κ3) is 6.66. The number of carbonyl (C=O) groups is 3. The molecule has 0 saturated carbocycles. The maximum atomic E-state index is 15.0. The summed E-state index contributed by atoms with van der Waals surface area (Å²) in [7, 11) is 0. The van der Waals surface area contributed by atoms with E-state index in [0.29, 0.717) is 19.6 Å². The fourth-order valence-corrected chi connectivity index (χ4v) is 3.66. The quantitative estimate of drug-likeness (QED) is 0.231. The molecule has 2 fully saturated rings. The highest BCUT2D eigenvalue weighted by Crippen LogP contribution is 2.28. The minimum Gasteiger partial charge on any atom is -0.442 e. The molecule has 3 rings (SSSR count). The summed E-state index contributed by atoms with van der Waals surface area (Å²) in [6, 6.07) is 4.21. The number of benzene rings is 1. The molecule has 0 radical (unpaired) electrons. The molecule has 7 N–H and O–H groups in total. The van der Waals surface area contributed by atoms with E-state index in [1.165, 1.54) is 29.4 Å². The number of rotatable bonds is 8. The Balaban J connectivity index is 1.60. The highest BCUT2D eigenvalue weighted by atomic mass is 19.3. The molecule has 0 bridgehead atoms. The molecule has 0 unspecified atom stereocenters. The lowest BCUT2D eigenvalue weighted by atomic mass is 10.2. The molecule has 1 aromatic carbocycles. The summed E-state index contributed by atoms with van der Waals surface area (Å²) in [5, 5.41) is 3.40. The molecule has 2 aliphatic heterocycles. The van der Waals surface area contributed by atoms with Gasteiger partial charge in [-0.05, 0) is 18.2 Å². The second kappa shape index (κ2) is 11.6. The van der Waals surface area contributed by atoms with Crippen molar-refractivity contribution in [3.05, 3.63) is 35.9 Å². The third-order valence-electron chi connectivity index (χ3n) is 5.36. The molecule has 15 heteroatoms. The van der Waals surface area contributed by atoms with E-state index in [1.54, 1.807) is 4.90 Å². The lowest BCUT2D eigenvalue weighted by molar-refractivity contribution is -0.133. The highest BCUT2D eigenvalue weighted by molar-refractivity contribution is 5.90. The summed E-state index contributed by atoms with van der Waals surface area (Å²) < 4.78 is 44.7. The van der Waals surface area contributed by atoms with Crippen LogP contribution in [-0.4, -0.2) is 74.7 Å². The third-order valence-corrected chi connectivity index (χ3v) is 5.36. The van der Waals surface area contributed by atoms with Gasteiger partial charge in [-0.3, -0.25) is 25.3 Å². The Bertz CT molecular complexity index is 980. The number of hydrogen-bond acceptors (Lipinski definition) is 9. The molecule has 2 saturated heterocycles. The van der Waals surface area contributed by atoms with Gasteiger partial charge < -0.3 is 26.1 Å². The van der Waals surface area contributed by atoms with Crippen molar-refractivity contribution in [3.63, 3.8) is 0 Å². The fourth-order valence-electron chi connectivity index (χ4n) is 3.66. The van der Waals surface area contributed by atoms with Gasteiger partial charge in [-0.1, -0.05) is 0 Å². The van der Waals surface area contributed by atoms with Crippen LogP contribution in [0.1, 0.15) is 6.42 Å². The minimum absolute atomic E-state index is 0.0386. The Morgan fingerprint density at radius 1 is 1.29 bits per heavy atom. The molecular weight excluding hydrogens is 473 g/mol. The van der Waals surface area contributed by atoms with Gasteiger partial charge in [-0.2, -0.15) is 8.78 Å².